The van der Waals surface area contributed by atoms with Gasteiger partial charge in [0, 0.05) is 10.6 Å². The van der Waals surface area contributed by atoms with E-state index in [-0.39, 0.29) is 23.9 Å². The molecule has 1 aliphatic carbocycles. The Kier molecular flexibility index (Phi) is 4.88. The predicted octanol–water partition coefficient (Wildman–Crippen LogP) is 2.97. The van der Waals surface area contributed by atoms with E-state index in [2.05, 4.69) is 10.6 Å². The van der Waals surface area contributed by atoms with Crippen LogP contribution >= 0.6 is 11.8 Å². The molecule has 22 heavy (non-hydrogen) atoms. The molecular weight excluding hydrogens is 303 g/mol. The molecule has 0 spiro atoms. The van der Waals surface area contributed by atoms with Gasteiger partial charge in [0.25, 0.3) is 0 Å². The molecule has 6 heteroatoms. The summed E-state index contributed by atoms with van der Waals surface area (Å²) in [5.74, 6) is 0.558. The van der Waals surface area contributed by atoms with Crippen LogP contribution < -0.4 is 10.6 Å². The fourth-order valence-corrected chi connectivity index (χ4v) is 4.32. The first kappa shape index (κ1) is 15.6. The minimum atomic E-state index is -0.467. The third-order valence-electron chi connectivity index (χ3n) is 4.38. The van der Waals surface area contributed by atoms with Gasteiger partial charge in [0.1, 0.15) is 5.82 Å². The topological polar surface area (TPSA) is 61.4 Å². The van der Waals surface area contributed by atoms with Gasteiger partial charge in [-0.25, -0.2) is 9.18 Å². The molecule has 1 aromatic rings. The fraction of sp³-hybridized carbons (Fsp3) is 0.562. The lowest BCUT2D eigenvalue weighted by molar-refractivity contribution is 0.0940. The highest BCUT2D eigenvalue weighted by Gasteiger charge is 2.27. The number of rotatable bonds is 2. The Hall–Kier alpha value is -1.27. The summed E-state index contributed by atoms with van der Waals surface area (Å²) in [6, 6.07) is 4.36. The Bertz CT molecular complexity index is 555. The number of aliphatic hydroxyl groups is 1. The van der Waals surface area contributed by atoms with Gasteiger partial charge in [-0.3, -0.25) is 0 Å². The Labute approximate surface area is 133 Å². The van der Waals surface area contributed by atoms with Gasteiger partial charge in [-0.15, -0.1) is 11.8 Å². The van der Waals surface area contributed by atoms with Gasteiger partial charge in [0.15, 0.2) is 0 Å². The van der Waals surface area contributed by atoms with Crippen LogP contribution in [0.4, 0.5) is 9.18 Å². The van der Waals surface area contributed by atoms with Gasteiger partial charge in [-0.2, -0.15) is 0 Å². The van der Waals surface area contributed by atoms with Crippen molar-refractivity contribution in [3.05, 3.63) is 29.6 Å². The van der Waals surface area contributed by atoms with Crippen LogP contribution in [0.25, 0.3) is 0 Å². The zero-order valence-electron chi connectivity index (χ0n) is 12.3. The second-order valence-corrected chi connectivity index (χ2v) is 7.03. The molecule has 3 rings (SSSR count). The highest BCUT2D eigenvalue weighted by molar-refractivity contribution is 7.99. The van der Waals surface area contributed by atoms with Crippen LogP contribution in [0.5, 0.6) is 0 Å². The molecular formula is C16H21FN2O2S. The molecule has 1 heterocycles. The molecule has 0 saturated heterocycles. The molecule has 1 aliphatic heterocycles. The van der Waals surface area contributed by atoms with Crippen molar-refractivity contribution in [2.45, 2.75) is 55.2 Å². The van der Waals surface area contributed by atoms with Crippen molar-refractivity contribution in [2.24, 2.45) is 0 Å². The Morgan fingerprint density at radius 3 is 2.86 bits per heavy atom. The third kappa shape index (κ3) is 3.38. The number of amides is 2. The Morgan fingerprint density at radius 1 is 1.23 bits per heavy atom. The van der Waals surface area contributed by atoms with Gasteiger partial charge in [-0.05, 0) is 30.9 Å². The molecule has 4 nitrogen and oxygen atoms in total. The van der Waals surface area contributed by atoms with E-state index in [9.17, 15) is 14.3 Å². The lowest BCUT2D eigenvalue weighted by atomic mass is 9.93. The number of benzene rings is 1. The van der Waals surface area contributed by atoms with Crippen LogP contribution in [0, 0.1) is 5.82 Å². The molecule has 1 saturated carbocycles. The molecule has 2 aliphatic rings. The highest BCUT2D eigenvalue weighted by atomic mass is 32.2. The number of nitrogens with one attached hydrogen (secondary N) is 2. The summed E-state index contributed by atoms with van der Waals surface area (Å²) in [7, 11) is 0. The van der Waals surface area contributed by atoms with Gasteiger partial charge in [0.05, 0.1) is 18.2 Å². The first-order valence-corrected chi connectivity index (χ1v) is 8.80. The average Bonchev–Trinajstić information content (AvgIpc) is 2.51. The first-order chi connectivity index (χ1) is 10.6. The standard InChI is InChI=1S/C16H21FN2O2S/c17-11-5-3-4-10-12(8-9-22-15(10)11)18-16(21)19-13-6-1-2-7-14(13)20/h3-5,12-14,20H,1-2,6-9H2,(H2,18,19,21). The smallest absolute Gasteiger partial charge is 0.315 e. The maximum atomic E-state index is 13.8. The van der Waals surface area contributed by atoms with E-state index in [0.29, 0.717) is 4.90 Å². The molecule has 1 aromatic carbocycles. The van der Waals surface area contributed by atoms with E-state index < -0.39 is 6.10 Å². The summed E-state index contributed by atoms with van der Waals surface area (Å²) in [6.07, 6.45) is 3.89. The average molecular weight is 324 g/mol. The molecule has 3 unspecified atom stereocenters. The van der Waals surface area contributed by atoms with Crippen molar-refractivity contribution < 1.29 is 14.3 Å². The molecule has 2 amide bonds. The van der Waals surface area contributed by atoms with Gasteiger partial charge in [0.2, 0.25) is 0 Å². The number of fused-ring (bicyclic) bond motifs is 1. The Balaban J connectivity index is 1.64. The van der Waals surface area contributed by atoms with E-state index in [4.69, 9.17) is 0 Å². The van der Waals surface area contributed by atoms with Crippen molar-refractivity contribution in [3.8, 4) is 0 Å². The highest BCUT2D eigenvalue weighted by Crippen LogP contribution is 2.37. The van der Waals surface area contributed by atoms with E-state index >= 15 is 0 Å². The summed E-state index contributed by atoms with van der Waals surface area (Å²) in [5, 5.41) is 15.7. The summed E-state index contributed by atoms with van der Waals surface area (Å²) in [5.41, 5.74) is 0.843. The molecule has 3 atom stereocenters. The monoisotopic (exact) mass is 324 g/mol. The summed E-state index contributed by atoms with van der Waals surface area (Å²) < 4.78 is 13.8. The van der Waals surface area contributed by atoms with Gasteiger partial charge < -0.3 is 15.7 Å². The van der Waals surface area contributed by atoms with E-state index in [1.807, 2.05) is 6.07 Å². The number of hydrogen-bond acceptors (Lipinski definition) is 3. The van der Waals surface area contributed by atoms with Gasteiger partial charge in [-0.1, -0.05) is 25.0 Å². The van der Waals surface area contributed by atoms with Gasteiger partial charge >= 0.3 is 6.03 Å². The number of thioether (sulfide) groups is 1. The second kappa shape index (κ2) is 6.87. The molecule has 1 fully saturated rings. The van der Waals surface area contributed by atoms with E-state index in [0.717, 1.165) is 43.4 Å². The molecule has 120 valence electrons. The van der Waals surface area contributed by atoms with Crippen molar-refractivity contribution in [1.29, 1.82) is 0 Å². The number of carbonyl (C=O) groups excluding carboxylic acids is 1. The summed E-state index contributed by atoms with van der Waals surface area (Å²) in [4.78, 5) is 12.8. The molecule has 0 bridgehead atoms. The largest absolute Gasteiger partial charge is 0.391 e. The minimum absolute atomic E-state index is 0.173. The lowest BCUT2D eigenvalue weighted by Crippen LogP contribution is -2.49. The van der Waals surface area contributed by atoms with Crippen molar-refractivity contribution in [2.75, 3.05) is 5.75 Å². The summed E-state index contributed by atoms with van der Waals surface area (Å²) >= 11 is 1.50. The van der Waals surface area contributed by atoms with Crippen molar-refractivity contribution in [1.82, 2.24) is 10.6 Å². The van der Waals surface area contributed by atoms with Crippen LogP contribution in [0.1, 0.15) is 43.7 Å². The SMILES string of the molecule is O=C(NC1CCSc2c(F)cccc21)NC1CCCCC1O. The van der Waals surface area contributed by atoms with Crippen LogP contribution in [0.15, 0.2) is 23.1 Å². The number of urea groups is 1. The second-order valence-electron chi connectivity index (χ2n) is 5.92. The Morgan fingerprint density at radius 2 is 2.05 bits per heavy atom. The number of halogens is 1. The molecule has 3 N–H and O–H groups in total. The van der Waals surface area contributed by atoms with Crippen LogP contribution in [-0.4, -0.2) is 29.0 Å². The lowest BCUT2D eigenvalue weighted by Gasteiger charge is -2.30. The van der Waals surface area contributed by atoms with Crippen LogP contribution in [0.3, 0.4) is 0 Å². The van der Waals surface area contributed by atoms with Crippen molar-refractivity contribution >= 4 is 17.8 Å². The third-order valence-corrected chi connectivity index (χ3v) is 5.54. The molecule has 0 radical (unpaired) electrons. The fourth-order valence-electron chi connectivity index (χ4n) is 3.18. The quantitative estimate of drug-likeness (QED) is 0.784. The normalized spacial score (nSPS) is 27.8. The summed E-state index contributed by atoms with van der Waals surface area (Å²) in [6.45, 7) is 0. The maximum absolute atomic E-state index is 13.8. The molecule has 0 aromatic heterocycles. The van der Waals surface area contributed by atoms with Crippen LogP contribution in [-0.2, 0) is 0 Å². The minimum Gasteiger partial charge on any atom is -0.391 e. The zero-order valence-corrected chi connectivity index (χ0v) is 13.2. The zero-order chi connectivity index (χ0) is 15.5. The maximum Gasteiger partial charge on any atom is 0.315 e. The number of carbonyl (C=O) groups is 1. The van der Waals surface area contributed by atoms with Crippen molar-refractivity contribution in [3.63, 3.8) is 0 Å². The van der Waals surface area contributed by atoms with E-state index in [1.165, 1.54) is 17.8 Å². The predicted molar refractivity (Wildman–Crippen MR) is 84.4 cm³/mol. The number of hydrogen-bond donors (Lipinski definition) is 3. The van der Waals surface area contributed by atoms with Crippen LogP contribution in [0.2, 0.25) is 0 Å². The van der Waals surface area contributed by atoms with E-state index in [1.54, 1.807) is 6.07 Å². The first-order valence-electron chi connectivity index (χ1n) is 7.81. The number of aliphatic hydroxyl groups excluding tert-OH is 1.